The lowest BCUT2D eigenvalue weighted by Gasteiger charge is -2.25. The maximum atomic E-state index is 12.6. The molecule has 0 heterocycles. The molecule has 118 valence electrons. The van der Waals surface area contributed by atoms with Crippen molar-refractivity contribution in [1.82, 2.24) is 4.31 Å². The van der Waals surface area contributed by atoms with Gasteiger partial charge in [-0.3, -0.25) is 0 Å². The molecule has 0 aliphatic rings. The van der Waals surface area contributed by atoms with Crippen molar-refractivity contribution in [1.29, 1.82) is 0 Å². The van der Waals surface area contributed by atoms with Crippen molar-refractivity contribution in [2.45, 2.75) is 24.8 Å². The van der Waals surface area contributed by atoms with Crippen molar-refractivity contribution >= 4 is 21.7 Å². The summed E-state index contributed by atoms with van der Waals surface area (Å²) in [7, 11) is -2.62. The summed E-state index contributed by atoms with van der Waals surface area (Å²) in [6.07, 6.45) is 0. The monoisotopic (exact) mass is 316 g/mol. The summed E-state index contributed by atoms with van der Waals surface area (Å²) >= 11 is 0. The molecule has 0 bridgehead atoms. The van der Waals surface area contributed by atoms with E-state index in [-0.39, 0.29) is 35.3 Å². The normalized spacial score (nSPS) is 11.9. The fourth-order valence-electron chi connectivity index (χ4n) is 1.91. The molecule has 0 atom stereocenters. The summed E-state index contributed by atoms with van der Waals surface area (Å²) in [5, 5.41) is 9.02. The standard InChI is InChI=1S/C13H20N2O5S/c1-9(2)15(6-7-16)21(18,19)12-5-4-10(8-11(12)14)13(17)20-3/h4-5,8-9,16H,6-7,14H2,1-3H3. The first-order chi connectivity index (χ1) is 9.75. The molecule has 0 radical (unpaired) electrons. The van der Waals surface area contributed by atoms with Crippen LogP contribution in [0.25, 0.3) is 0 Å². The predicted molar refractivity (Wildman–Crippen MR) is 78.3 cm³/mol. The number of esters is 1. The quantitative estimate of drug-likeness (QED) is 0.582. The zero-order chi connectivity index (χ0) is 16.2. The third-order valence-electron chi connectivity index (χ3n) is 2.91. The number of nitrogen functional groups attached to an aromatic ring is 1. The van der Waals surface area contributed by atoms with Crippen LogP contribution in [0, 0.1) is 0 Å². The third kappa shape index (κ3) is 3.72. The Morgan fingerprint density at radius 1 is 1.43 bits per heavy atom. The first-order valence-electron chi connectivity index (χ1n) is 6.36. The number of carbonyl (C=O) groups excluding carboxylic acids is 1. The molecule has 0 amide bonds. The number of rotatable bonds is 6. The van der Waals surface area contributed by atoms with Crippen LogP contribution in [0.5, 0.6) is 0 Å². The highest BCUT2D eigenvalue weighted by atomic mass is 32.2. The Kier molecular flexibility index (Phi) is 5.70. The minimum absolute atomic E-state index is 0.0296. The van der Waals surface area contributed by atoms with Gasteiger partial charge in [0.25, 0.3) is 0 Å². The molecule has 0 unspecified atom stereocenters. The Balaban J connectivity index is 3.28. The van der Waals surface area contributed by atoms with Crippen LogP contribution in [0.2, 0.25) is 0 Å². The molecule has 0 aromatic heterocycles. The van der Waals surface area contributed by atoms with Gasteiger partial charge in [-0.1, -0.05) is 0 Å². The molecule has 1 aromatic rings. The average Bonchev–Trinajstić information content (AvgIpc) is 2.42. The number of carbonyl (C=O) groups is 1. The largest absolute Gasteiger partial charge is 0.465 e. The van der Waals surface area contributed by atoms with Gasteiger partial charge in [-0.05, 0) is 32.0 Å². The van der Waals surface area contributed by atoms with Gasteiger partial charge in [0.2, 0.25) is 10.0 Å². The Morgan fingerprint density at radius 3 is 2.48 bits per heavy atom. The van der Waals surface area contributed by atoms with Crippen LogP contribution >= 0.6 is 0 Å². The number of anilines is 1. The van der Waals surface area contributed by atoms with E-state index in [9.17, 15) is 13.2 Å². The molecule has 1 rings (SSSR count). The molecule has 0 aliphatic carbocycles. The van der Waals surface area contributed by atoms with Crippen molar-refractivity contribution in [3.63, 3.8) is 0 Å². The SMILES string of the molecule is COC(=O)c1ccc(S(=O)(=O)N(CCO)C(C)C)c(N)c1. The number of aliphatic hydroxyl groups is 1. The summed E-state index contributed by atoms with van der Waals surface area (Å²) in [5.74, 6) is -0.596. The Morgan fingerprint density at radius 2 is 2.05 bits per heavy atom. The van der Waals surface area contributed by atoms with Crippen LogP contribution in [0.4, 0.5) is 5.69 Å². The van der Waals surface area contributed by atoms with Gasteiger partial charge < -0.3 is 15.6 Å². The minimum Gasteiger partial charge on any atom is -0.465 e. The zero-order valence-electron chi connectivity index (χ0n) is 12.2. The molecule has 3 N–H and O–H groups in total. The van der Waals surface area contributed by atoms with E-state index >= 15 is 0 Å². The van der Waals surface area contributed by atoms with E-state index in [1.54, 1.807) is 13.8 Å². The number of hydrogen-bond donors (Lipinski definition) is 2. The van der Waals surface area contributed by atoms with Crippen LogP contribution in [-0.4, -0.2) is 50.1 Å². The Labute approximate surface area is 124 Å². The third-order valence-corrected chi connectivity index (χ3v) is 5.06. The molecular formula is C13H20N2O5S. The first-order valence-corrected chi connectivity index (χ1v) is 7.80. The summed E-state index contributed by atoms with van der Waals surface area (Å²) < 4.78 is 30.8. The fourth-order valence-corrected chi connectivity index (χ4v) is 3.64. The number of sulfonamides is 1. The topological polar surface area (TPSA) is 110 Å². The highest BCUT2D eigenvalue weighted by Gasteiger charge is 2.28. The predicted octanol–water partition coefficient (Wildman–Crippen LogP) is 0.447. The second-order valence-electron chi connectivity index (χ2n) is 4.68. The van der Waals surface area contributed by atoms with Crippen LogP contribution < -0.4 is 5.73 Å². The zero-order valence-corrected chi connectivity index (χ0v) is 13.1. The highest BCUT2D eigenvalue weighted by Crippen LogP contribution is 2.25. The van der Waals surface area contributed by atoms with Crippen molar-refractivity contribution in [3.05, 3.63) is 23.8 Å². The lowest BCUT2D eigenvalue weighted by atomic mass is 10.2. The smallest absolute Gasteiger partial charge is 0.337 e. The average molecular weight is 316 g/mol. The van der Waals surface area contributed by atoms with Gasteiger partial charge in [-0.2, -0.15) is 4.31 Å². The number of benzene rings is 1. The van der Waals surface area contributed by atoms with E-state index in [2.05, 4.69) is 4.74 Å². The van der Waals surface area contributed by atoms with Crippen LogP contribution in [0.3, 0.4) is 0 Å². The first kappa shape index (κ1) is 17.4. The van der Waals surface area contributed by atoms with E-state index in [0.717, 1.165) is 4.31 Å². The van der Waals surface area contributed by atoms with Gasteiger partial charge in [0.15, 0.2) is 0 Å². The molecule has 7 nitrogen and oxygen atoms in total. The minimum atomic E-state index is -3.85. The van der Waals surface area contributed by atoms with E-state index in [1.165, 1.54) is 25.3 Å². The van der Waals surface area contributed by atoms with E-state index in [1.807, 2.05) is 0 Å². The van der Waals surface area contributed by atoms with Gasteiger partial charge >= 0.3 is 5.97 Å². The van der Waals surface area contributed by atoms with Gasteiger partial charge in [0.05, 0.1) is 25.0 Å². The summed E-state index contributed by atoms with van der Waals surface area (Å²) in [4.78, 5) is 11.3. The fraction of sp³-hybridized carbons (Fsp3) is 0.462. The highest BCUT2D eigenvalue weighted by molar-refractivity contribution is 7.89. The molecule has 21 heavy (non-hydrogen) atoms. The number of aliphatic hydroxyl groups excluding tert-OH is 1. The van der Waals surface area contributed by atoms with E-state index in [4.69, 9.17) is 10.8 Å². The number of methoxy groups -OCH3 is 1. The lowest BCUT2D eigenvalue weighted by molar-refractivity contribution is 0.0600. The van der Waals surface area contributed by atoms with Crippen molar-refractivity contribution < 1.29 is 23.1 Å². The van der Waals surface area contributed by atoms with Crippen molar-refractivity contribution in [2.24, 2.45) is 0 Å². The van der Waals surface area contributed by atoms with Gasteiger partial charge in [0.1, 0.15) is 4.90 Å². The summed E-state index contributed by atoms with van der Waals surface area (Å²) in [5.41, 5.74) is 5.89. The van der Waals surface area contributed by atoms with Crippen molar-refractivity contribution in [2.75, 3.05) is 26.0 Å². The second-order valence-corrected chi connectivity index (χ2v) is 6.54. The molecule has 8 heteroatoms. The van der Waals surface area contributed by atoms with Crippen LogP contribution in [0.15, 0.2) is 23.1 Å². The molecule has 0 aliphatic heterocycles. The van der Waals surface area contributed by atoms with Crippen molar-refractivity contribution in [3.8, 4) is 0 Å². The number of hydrogen-bond acceptors (Lipinski definition) is 6. The molecule has 0 spiro atoms. The Bertz CT molecular complexity index is 613. The van der Waals surface area contributed by atoms with Gasteiger partial charge in [0, 0.05) is 12.6 Å². The van der Waals surface area contributed by atoms with Crippen LogP contribution in [0.1, 0.15) is 24.2 Å². The van der Waals surface area contributed by atoms with Gasteiger partial charge in [-0.25, -0.2) is 13.2 Å². The van der Waals surface area contributed by atoms with E-state index in [0.29, 0.717) is 0 Å². The number of nitrogens with two attached hydrogens (primary N) is 1. The molecule has 0 saturated heterocycles. The molecule has 0 saturated carbocycles. The van der Waals surface area contributed by atoms with Crippen LogP contribution in [-0.2, 0) is 14.8 Å². The molecular weight excluding hydrogens is 296 g/mol. The maximum absolute atomic E-state index is 12.6. The maximum Gasteiger partial charge on any atom is 0.337 e. The van der Waals surface area contributed by atoms with E-state index < -0.39 is 16.0 Å². The summed E-state index contributed by atoms with van der Waals surface area (Å²) in [6.45, 7) is 3.08. The summed E-state index contributed by atoms with van der Waals surface area (Å²) in [6, 6.07) is 3.54. The van der Waals surface area contributed by atoms with Gasteiger partial charge in [-0.15, -0.1) is 0 Å². The second kappa shape index (κ2) is 6.88. The Hall–Kier alpha value is -1.64. The molecule has 0 fully saturated rings. The number of ether oxygens (including phenoxy) is 1. The molecule has 1 aromatic carbocycles. The lowest BCUT2D eigenvalue weighted by Crippen LogP contribution is -2.39. The number of nitrogens with zero attached hydrogens (tertiary/aromatic N) is 1.